The molecule has 0 saturated carbocycles. The van der Waals surface area contributed by atoms with Crippen LogP contribution in [0.1, 0.15) is 24.2 Å². The number of aromatic nitrogens is 2. The van der Waals surface area contributed by atoms with Crippen LogP contribution < -0.4 is 4.72 Å². The van der Waals surface area contributed by atoms with E-state index in [1.54, 1.807) is 13.8 Å². The van der Waals surface area contributed by atoms with E-state index >= 15 is 0 Å². The third-order valence-electron chi connectivity index (χ3n) is 2.08. The molecule has 0 aliphatic rings. The highest BCUT2D eigenvalue weighted by atomic mass is 32.2. The number of hydrogen-bond acceptors (Lipinski definition) is 7. The molecule has 9 nitrogen and oxygen atoms in total. The zero-order valence-corrected chi connectivity index (χ0v) is 11.8. The van der Waals surface area contributed by atoms with Crippen molar-refractivity contribution in [2.75, 3.05) is 19.8 Å². The van der Waals surface area contributed by atoms with Gasteiger partial charge < -0.3 is 9.47 Å². The van der Waals surface area contributed by atoms with Crippen molar-refractivity contribution in [3.63, 3.8) is 0 Å². The third-order valence-corrected chi connectivity index (χ3v) is 3.45. The number of nitrogens with zero attached hydrogens (tertiary/aromatic N) is 1. The van der Waals surface area contributed by atoms with E-state index in [2.05, 4.69) is 14.9 Å². The van der Waals surface area contributed by atoms with Crippen LogP contribution in [0.2, 0.25) is 0 Å². The van der Waals surface area contributed by atoms with Crippen LogP contribution in [0.4, 0.5) is 0 Å². The Morgan fingerprint density at radius 3 is 2.55 bits per heavy atom. The highest BCUT2D eigenvalue weighted by Gasteiger charge is 2.26. The van der Waals surface area contributed by atoms with E-state index in [0.29, 0.717) is 0 Å². The van der Waals surface area contributed by atoms with Crippen molar-refractivity contribution in [3.8, 4) is 0 Å². The number of sulfonamides is 1. The molecule has 0 amide bonds. The zero-order chi connectivity index (χ0) is 15.2. The minimum absolute atomic E-state index is 0.0970. The lowest BCUT2D eigenvalue weighted by molar-refractivity contribution is -0.141. The Labute approximate surface area is 115 Å². The monoisotopic (exact) mass is 305 g/mol. The molecule has 10 heteroatoms. The second-order valence-corrected chi connectivity index (χ2v) is 5.17. The maximum atomic E-state index is 11.9. The van der Waals surface area contributed by atoms with E-state index in [4.69, 9.17) is 4.74 Å². The Bertz CT molecular complexity index is 580. The number of esters is 2. The van der Waals surface area contributed by atoms with Crippen molar-refractivity contribution in [3.05, 3.63) is 11.8 Å². The van der Waals surface area contributed by atoms with Crippen molar-refractivity contribution >= 4 is 22.0 Å². The van der Waals surface area contributed by atoms with Crippen molar-refractivity contribution in [2.24, 2.45) is 0 Å². The fourth-order valence-electron chi connectivity index (χ4n) is 1.27. The van der Waals surface area contributed by atoms with Crippen molar-refractivity contribution < 1.29 is 27.5 Å². The molecule has 1 aromatic rings. The summed E-state index contributed by atoms with van der Waals surface area (Å²) in [5, 5.41) is 5.22. The molecule has 1 rings (SSSR count). The summed E-state index contributed by atoms with van der Waals surface area (Å²) in [6, 6.07) is 0. The average molecular weight is 305 g/mol. The molecule has 0 aromatic carbocycles. The van der Waals surface area contributed by atoms with Crippen molar-refractivity contribution in [2.45, 2.75) is 18.9 Å². The summed E-state index contributed by atoms with van der Waals surface area (Å²) in [6.45, 7) is 2.88. The lowest BCUT2D eigenvalue weighted by Crippen LogP contribution is -2.32. The summed E-state index contributed by atoms with van der Waals surface area (Å²) in [6.07, 6.45) is 1.04. The van der Waals surface area contributed by atoms with Gasteiger partial charge in [0.25, 0.3) is 10.0 Å². The molecular formula is C10H15N3O6S. The number of nitrogens with one attached hydrogen (secondary N) is 2. The number of aromatic amines is 1. The number of rotatable bonds is 7. The number of H-pyrrole nitrogens is 1. The molecule has 0 unspecified atom stereocenters. The molecule has 112 valence electrons. The molecule has 0 radical (unpaired) electrons. The minimum atomic E-state index is -4.09. The van der Waals surface area contributed by atoms with E-state index in [-0.39, 0.29) is 18.8 Å². The Morgan fingerprint density at radius 1 is 1.30 bits per heavy atom. The van der Waals surface area contributed by atoms with Gasteiger partial charge in [-0.2, -0.15) is 9.82 Å². The van der Waals surface area contributed by atoms with Crippen LogP contribution in [-0.4, -0.2) is 50.3 Å². The van der Waals surface area contributed by atoms with Gasteiger partial charge in [0.15, 0.2) is 5.03 Å². The molecule has 0 spiro atoms. The van der Waals surface area contributed by atoms with E-state index in [1.807, 2.05) is 4.72 Å². The molecule has 20 heavy (non-hydrogen) atoms. The third kappa shape index (κ3) is 4.03. The first-order valence-electron chi connectivity index (χ1n) is 5.78. The predicted octanol–water partition coefficient (Wildman–Crippen LogP) is -0.572. The molecule has 1 aromatic heterocycles. The first kappa shape index (κ1) is 16.1. The van der Waals surface area contributed by atoms with Crippen LogP contribution in [0.25, 0.3) is 0 Å². The molecule has 0 bridgehead atoms. The number of hydrogen-bond donors (Lipinski definition) is 2. The lowest BCUT2D eigenvalue weighted by Gasteiger charge is -2.06. The van der Waals surface area contributed by atoms with Crippen LogP contribution in [0, 0.1) is 0 Å². The van der Waals surface area contributed by atoms with Gasteiger partial charge >= 0.3 is 11.9 Å². The van der Waals surface area contributed by atoms with E-state index in [1.165, 1.54) is 0 Å². The Morgan fingerprint density at radius 2 is 1.95 bits per heavy atom. The first-order chi connectivity index (χ1) is 9.42. The fourth-order valence-corrected chi connectivity index (χ4v) is 2.32. The van der Waals surface area contributed by atoms with Gasteiger partial charge in [-0.05, 0) is 13.8 Å². The van der Waals surface area contributed by atoms with Gasteiger partial charge in [0, 0.05) is 0 Å². The molecule has 0 aliphatic carbocycles. The summed E-state index contributed by atoms with van der Waals surface area (Å²) in [5.74, 6) is -1.55. The van der Waals surface area contributed by atoms with Gasteiger partial charge in [-0.15, -0.1) is 0 Å². The van der Waals surface area contributed by atoms with E-state index in [0.717, 1.165) is 6.20 Å². The normalized spacial score (nSPS) is 11.1. The Balaban J connectivity index is 2.86. The molecule has 1 heterocycles. The zero-order valence-electron chi connectivity index (χ0n) is 11.0. The van der Waals surface area contributed by atoms with E-state index in [9.17, 15) is 18.0 Å². The topological polar surface area (TPSA) is 127 Å². The second kappa shape index (κ2) is 7.01. The molecular weight excluding hydrogens is 290 g/mol. The van der Waals surface area contributed by atoms with Crippen LogP contribution >= 0.6 is 0 Å². The lowest BCUT2D eigenvalue weighted by atomic mass is 10.4. The van der Waals surface area contributed by atoms with E-state index < -0.39 is 33.5 Å². The maximum absolute atomic E-state index is 11.9. The largest absolute Gasteiger partial charge is 0.465 e. The number of carbonyl (C=O) groups excluding carboxylic acids is 2. The van der Waals surface area contributed by atoms with Gasteiger partial charge in [-0.1, -0.05) is 0 Å². The number of carbonyl (C=O) groups is 2. The molecule has 2 N–H and O–H groups in total. The Kier molecular flexibility index (Phi) is 5.65. The fraction of sp³-hybridized carbons (Fsp3) is 0.500. The second-order valence-electron chi connectivity index (χ2n) is 3.46. The smallest absolute Gasteiger partial charge is 0.342 e. The molecule has 0 atom stereocenters. The van der Waals surface area contributed by atoms with Crippen molar-refractivity contribution in [1.82, 2.24) is 14.9 Å². The average Bonchev–Trinajstić information content (AvgIpc) is 2.87. The summed E-state index contributed by atoms with van der Waals surface area (Å²) < 4.78 is 35.2. The van der Waals surface area contributed by atoms with Crippen LogP contribution in [-0.2, 0) is 24.3 Å². The molecule has 0 aliphatic heterocycles. The van der Waals surface area contributed by atoms with Gasteiger partial charge in [-0.3, -0.25) is 9.89 Å². The molecule has 0 saturated heterocycles. The summed E-state index contributed by atoms with van der Waals surface area (Å²) >= 11 is 0. The summed E-state index contributed by atoms with van der Waals surface area (Å²) in [7, 11) is -4.09. The highest BCUT2D eigenvalue weighted by molar-refractivity contribution is 7.89. The standard InChI is InChI=1S/C10H15N3O6S/c1-3-18-8(14)6-12-20(16,17)9-7(5-11-13-9)10(15)19-4-2/h5,12H,3-4,6H2,1-2H3,(H,11,13). The molecule has 0 fully saturated rings. The summed E-state index contributed by atoms with van der Waals surface area (Å²) in [5.41, 5.74) is -0.233. The van der Waals surface area contributed by atoms with Gasteiger partial charge in [-0.25, -0.2) is 13.2 Å². The Hall–Kier alpha value is -1.94. The van der Waals surface area contributed by atoms with Gasteiger partial charge in [0.2, 0.25) is 0 Å². The summed E-state index contributed by atoms with van der Waals surface area (Å²) in [4.78, 5) is 22.7. The van der Waals surface area contributed by atoms with Crippen LogP contribution in [0.3, 0.4) is 0 Å². The first-order valence-corrected chi connectivity index (χ1v) is 7.26. The van der Waals surface area contributed by atoms with Crippen LogP contribution in [0.15, 0.2) is 11.2 Å². The predicted molar refractivity (Wildman–Crippen MR) is 66.4 cm³/mol. The SMILES string of the molecule is CCOC(=O)CNS(=O)(=O)c1[nH]ncc1C(=O)OCC. The minimum Gasteiger partial charge on any atom is -0.465 e. The van der Waals surface area contributed by atoms with Gasteiger partial charge in [0.05, 0.1) is 19.4 Å². The van der Waals surface area contributed by atoms with Crippen LogP contribution in [0.5, 0.6) is 0 Å². The number of ether oxygens (including phenoxy) is 2. The maximum Gasteiger partial charge on any atom is 0.342 e. The van der Waals surface area contributed by atoms with Gasteiger partial charge in [0.1, 0.15) is 12.1 Å². The highest BCUT2D eigenvalue weighted by Crippen LogP contribution is 2.12. The van der Waals surface area contributed by atoms with Crippen molar-refractivity contribution in [1.29, 1.82) is 0 Å². The quantitative estimate of drug-likeness (QED) is 0.645.